The Morgan fingerprint density at radius 2 is 0.741 bits per heavy atom. The second kappa shape index (κ2) is 45.0. The molecule has 320 valence electrons. The number of carbonyl (C=O) groups is 3. The topological polar surface area (TPSA) is 78.9 Å². The molecule has 0 aliphatic rings. The molecule has 0 saturated heterocycles. The smallest absolute Gasteiger partial charge is 0.306 e. The quantitative estimate of drug-likeness (QED) is 0.0207. The van der Waals surface area contributed by atoms with Crippen molar-refractivity contribution in [1.82, 2.24) is 0 Å². The monoisotopic (exact) mass is 797 g/mol. The Kier molecular flexibility index (Phi) is 41.3. The van der Waals surface area contributed by atoms with Crippen molar-refractivity contribution in [2.75, 3.05) is 13.2 Å². The van der Waals surface area contributed by atoms with E-state index in [2.05, 4.69) is 106 Å². The van der Waals surface area contributed by atoms with Gasteiger partial charge in [-0.15, -0.1) is 0 Å². The van der Waals surface area contributed by atoms with E-state index in [0.717, 1.165) is 83.5 Å². The molecule has 58 heavy (non-hydrogen) atoms. The number of unbranched alkanes of at least 4 members (excludes halogenated alkanes) is 5. The van der Waals surface area contributed by atoms with Gasteiger partial charge in [0.2, 0.25) is 0 Å². The highest BCUT2D eigenvalue weighted by molar-refractivity contribution is 5.71. The first-order valence-electron chi connectivity index (χ1n) is 21.9. The molecule has 1 unspecified atom stereocenters. The maximum Gasteiger partial charge on any atom is 0.306 e. The average molecular weight is 797 g/mol. The van der Waals surface area contributed by atoms with Crippen LogP contribution in [0.4, 0.5) is 0 Å². The Balaban J connectivity index is 4.64. The van der Waals surface area contributed by atoms with Crippen molar-refractivity contribution in [2.24, 2.45) is 0 Å². The van der Waals surface area contributed by atoms with Crippen LogP contribution in [-0.2, 0) is 28.6 Å². The zero-order chi connectivity index (χ0) is 42.3. The molecule has 0 aromatic heterocycles. The number of esters is 3. The maximum atomic E-state index is 12.7. The molecule has 0 radical (unpaired) electrons. The lowest BCUT2D eigenvalue weighted by Crippen LogP contribution is -2.30. The summed E-state index contributed by atoms with van der Waals surface area (Å²) < 4.78 is 16.5. The van der Waals surface area contributed by atoms with E-state index < -0.39 is 6.10 Å². The molecule has 6 nitrogen and oxygen atoms in total. The van der Waals surface area contributed by atoms with Crippen molar-refractivity contribution in [1.29, 1.82) is 0 Å². The van der Waals surface area contributed by atoms with Gasteiger partial charge in [0.15, 0.2) is 6.10 Å². The summed E-state index contributed by atoms with van der Waals surface area (Å²) >= 11 is 0. The van der Waals surface area contributed by atoms with E-state index >= 15 is 0 Å². The van der Waals surface area contributed by atoms with Gasteiger partial charge in [-0.1, -0.05) is 173 Å². The normalized spacial score (nSPS) is 13.5. The van der Waals surface area contributed by atoms with E-state index in [1.54, 1.807) is 0 Å². The first kappa shape index (κ1) is 53.3. The number of hydrogen-bond acceptors (Lipinski definition) is 6. The average Bonchev–Trinajstić information content (AvgIpc) is 3.22. The number of allylic oxidation sites excluding steroid dienone is 24. The molecule has 0 fully saturated rings. The summed E-state index contributed by atoms with van der Waals surface area (Å²) in [5, 5.41) is 0. The molecule has 0 amide bonds. The highest BCUT2D eigenvalue weighted by Gasteiger charge is 2.19. The lowest BCUT2D eigenvalue weighted by Gasteiger charge is -2.18. The van der Waals surface area contributed by atoms with Gasteiger partial charge in [0.25, 0.3) is 0 Å². The predicted octanol–water partition coefficient (Wildman–Crippen LogP) is 14.1. The van der Waals surface area contributed by atoms with Gasteiger partial charge >= 0.3 is 17.9 Å². The minimum Gasteiger partial charge on any atom is -0.462 e. The van der Waals surface area contributed by atoms with E-state index in [-0.39, 0.29) is 50.4 Å². The maximum absolute atomic E-state index is 12.7. The molecule has 0 rings (SSSR count). The SMILES string of the molecule is CC\C=C/C=C\C=C/C=C\C=C/CCCCCC(=O)OC(COC(=O)CC/C=C\C/C=C\C/C=C\C/C=C\C/C=C\CC)COC(=O)CCCC/C=C\C/C=C\CC. The molecule has 0 aliphatic carbocycles. The molecule has 0 aromatic carbocycles. The Morgan fingerprint density at radius 3 is 1.28 bits per heavy atom. The van der Waals surface area contributed by atoms with Crippen LogP contribution in [0.25, 0.3) is 0 Å². The van der Waals surface area contributed by atoms with Gasteiger partial charge in [-0.05, 0) is 96.3 Å². The lowest BCUT2D eigenvalue weighted by molar-refractivity contribution is -0.166. The molecule has 6 heteroatoms. The van der Waals surface area contributed by atoms with E-state index in [0.29, 0.717) is 19.3 Å². The second-order valence-electron chi connectivity index (χ2n) is 13.6. The van der Waals surface area contributed by atoms with Crippen molar-refractivity contribution in [3.8, 4) is 0 Å². The van der Waals surface area contributed by atoms with Crippen molar-refractivity contribution < 1.29 is 28.6 Å². The third kappa shape index (κ3) is 42.4. The molecular formula is C52H76O6. The Hall–Kier alpha value is -4.71. The molecule has 1 atom stereocenters. The fraction of sp³-hybridized carbons (Fsp3) is 0.481. The standard InChI is InChI=1S/C52H76O6/c1-4-7-10-13-16-19-21-23-25-27-28-30-33-36-39-42-45-51(54)57-48-49(47-56-50(53)44-41-38-35-32-18-15-12-9-6-3)58-52(55)46-43-40-37-34-31-29-26-24-22-20-17-14-11-8-5-2/h7-12,14,16-20,22-26,28-32,36,39,49H,4-6,13,15,21,27,33-35,37-38,40-48H2,1-3H3/b10-7-,11-8-,12-9-,17-14-,19-16-,22-20-,25-23-,26-24-,30-28-,31-29-,32-18-,39-36-. The number of rotatable bonds is 36. The van der Waals surface area contributed by atoms with Gasteiger partial charge < -0.3 is 14.2 Å². The van der Waals surface area contributed by atoms with Crippen LogP contribution < -0.4 is 0 Å². The summed E-state index contributed by atoms with van der Waals surface area (Å²) in [6.45, 7) is 6.07. The van der Waals surface area contributed by atoms with Crippen LogP contribution in [0, 0.1) is 0 Å². The van der Waals surface area contributed by atoms with Crippen LogP contribution in [0.1, 0.15) is 143 Å². The van der Waals surface area contributed by atoms with Crippen LogP contribution in [0.3, 0.4) is 0 Å². The molecule has 0 aliphatic heterocycles. The van der Waals surface area contributed by atoms with E-state index in [9.17, 15) is 14.4 Å². The van der Waals surface area contributed by atoms with Crippen LogP contribution in [0.2, 0.25) is 0 Å². The highest BCUT2D eigenvalue weighted by atomic mass is 16.6. The molecule has 0 spiro atoms. The molecule has 0 aromatic rings. The number of hydrogen-bond donors (Lipinski definition) is 0. The zero-order valence-electron chi connectivity index (χ0n) is 36.2. The van der Waals surface area contributed by atoms with Gasteiger partial charge in [-0.2, -0.15) is 0 Å². The summed E-state index contributed by atoms with van der Waals surface area (Å²) in [6, 6.07) is 0. The van der Waals surface area contributed by atoms with Crippen molar-refractivity contribution >= 4 is 17.9 Å². The predicted molar refractivity (Wildman–Crippen MR) is 246 cm³/mol. The van der Waals surface area contributed by atoms with Gasteiger partial charge in [0.05, 0.1) is 0 Å². The fourth-order valence-electron chi connectivity index (χ4n) is 5.02. The first-order valence-corrected chi connectivity index (χ1v) is 21.9. The summed E-state index contributed by atoms with van der Waals surface area (Å²) in [7, 11) is 0. The number of carbonyl (C=O) groups excluding carboxylic acids is 3. The fourth-order valence-corrected chi connectivity index (χ4v) is 5.02. The summed E-state index contributed by atoms with van der Waals surface area (Å²) in [5.41, 5.74) is 0. The summed E-state index contributed by atoms with van der Waals surface area (Å²) in [6.07, 6.45) is 64.2. The van der Waals surface area contributed by atoms with Gasteiger partial charge in [0.1, 0.15) is 13.2 Å². The van der Waals surface area contributed by atoms with Crippen molar-refractivity contribution in [3.63, 3.8) is 0 Å². The molecule has 0 N–H and O–H groups in total. The lowest BCUT2D eigenvalue weighted by atomic mass is 10.1. The van der Waals surface area contributed by atoms with E-state index in [1.807, 2.05) is 60.8 Å². The van der Waals surface area contributed by atoms with Crippen molar-refractivity contribution in [3.05, 3.63) is 146 Å². The Morgan fingerprint density at radius 1 is 0.362 bits per heavy atom. The first-order chi connectivity index (χ1) is 28.5. The van der Waals surface area contributed by atoms with Crippen molar-refractivity contribution in [2.45, 2.75) is 149 Å². The number of ether oxygens (including phenoxy) is 3. The molecule has 0 saturated carbocycles. The van der Waals surface area contributed by atoms with E-state index in [4.69, 9.17) is 14.2 Å². The molecular weight excluding hydrogens is 721 g/mol. The van der Waals surface area contributed by atoms with Crippen LogP contribution in [-0.4, -0.2) is 37.2 Å². The largest absolute Gasteiger partial charge is 0.462 e. The highest BCUT2D eigenvalue weighted by Crippen LogP contribution is 2.09. The summed E-state index contributed by atoms with van der Waals surface area (Å²) in [4.78, 5) is 37.6. The van der Waals surface area contributed by atoms with Gasteiger partial charge in [-0.3, -0.25) is 14.4 Å². The van der Waals surface area contributed by atoms with E-state index in [1.165, 1.54) is 0 Å². The second-order valence-corrected chi connectivity index (χ2v) is 13.6. The van der Waals surface area contributed by atoms with Crippen LogP contribution in [0.5, 0.6) is 0 Å². The minimum atomic E-state index is -0.847. The van der Waals surface area contributed by atoms with Crippen LogP contribution >= 0.6 is 0 Å². The Labute approximate surface area is 353 Å². The summed E-state index contributed by atoms with van der Waals surface area (Å²) in [5.74, 6) is -1.13. The zero-order valence-corrected chi connectivity index (χ0v) is 36.2. The van der Waals surface area contributed by atoms with Gasteiger partial charge in [-0.25, -0.2) is 0 Å². The third-order valence-corrected chi connectivity index (χ3v) is 8.21. The molecule has 0 bridgehead atoms. The molecule has 0 heterocycles. The third-order valence-electron chi connectivity index (χ3n) is 8.21. The van der Waals surface area contributed by atoms with Gasteiger partial charge in [0, 0.05) is 19.3 Å². The Bertz CT molecular complexity index is 1380. The van der Waals surface area contributed by atoms with Crippen LogP contribution in [0.15, 0.2) is 146 Å². The minimum absolute atomic E-state index is 0.143.